The van der Waals surface area contributed by atoms with Crippen LogP contribution >= 0.6 is 0 Å². The zero-order valence-electron chi connectivity index (χ0n) is 16.7. The van der Waals surface area contributed by atoms with Gasteiger partial charge in [-0.05, 0) is 53.4 Å². The van der Waals surface area contributed by atoms with Crippen molar-refractivity contribution in [2.45, 2.75) is 36.8 Å². The third kappa shape index (κ3) is 3.80. The predicted molar refractivity (Wildman–Crippen MR) is 115 cm³/mol. The van der Waals surface area contributed by atoms with Gasteiger partial charge in [-0.3, -0.25) is 4.98 Å². The smallest absolute Gasteiger partial charge is 0.184 e. The van der Waals surface area contributed by atoms with E-state index in [1.807, 2.05) is 42.5 Å². The topological polar surface area (TPSA) is 64.8 Å². The molecular formula is C23H23N3O2S. The van der Waals surface area contributed by atoms with Crippen LogP contribution in [-0.4, -0.2) is 23.2 Å². The van der Waals surface area contributed by atoms with E-state index in [2.05, 4.69) is 30.9 Å². The minimum atomic E-state index is -3.51. The maximum atomic E-state index is 13.1. The first kappa shape index (κ1) is 19.3. The number of pyridine rings is 1. The van der Waals surface area contributed by atoms with Gasteiger partial charge in [-0.15, -0.1) is 0 Å². The lowest BCUT2D eigenvalue weighted by atomic mass is 9.87. The number of fused-ring (bicyclic) bond motifs is 1. The van der Waals surface area contributed by atoms with Gasteiger partial charge in [0.25, 0.3) is 0 Å². The summed E-state index contributed by atoms with van der Waals surface area (Å²) in [5.41, 5.74) is 3.34. The Morgan fingerprint density at radius 3 is 2.38 bits per heavy atom. The van der Waals surface area contributed by atoms with Gasteiger partial charge in [-0.25, -0.2) is 13.1 Å². The number of benzene rings is 2. The molecule has 2 aromatic carbocycles. The van der Waals surface area contributed by atoms with E-state index in [-0.39, 0.29) is 11.2 Å². The summed E-state index contributed by atoms with van der Waals surface area (Å²) < 4.78 is 27.8. The molecule has 5 nitrogen and oxygen atoms in total. The second kappa shape index (κ2) is 7.12. The molecule has 4 aromatic rings. The highest BCUT2D eigenvalue weighted by Gasteiger charge is 2.21. The first-order valence-corrected chi connectivity index (χ1v) is 11.1. The molecule has 6 heteroatoms. The zero-order valence-corrected chi connectivity index (χ0v) is 17.5. The summed E-state index contributed by atoms with van der Waals surface area (Å²) in [5.74, 6) is -0.126. The molecule has 0 atom stereocenters. The van der Waals surface area contributed by atoms with Crippen LogP contribution in [0.3, 0.4) is 0 Å². The third-order valence-corrected chi connectivity index (χ3v) is 6.66. The van der Waals surface area contributed by atoms with Crippen molar-refractivity contribution in [2.24, 2.45) is 0 Å². The fraction of sp³-hybridized carbons (Fsp3) is 0.217. The standard InChI is InChI=1S/C23H23N3O2S/c1-23(2,3)17-9-11-19(12-10-17)29(27,28)16-18-13-15-25-26(18)22-8-4-7-21-20(22)6-5-14-24-21/h4-15H,16H2,1-3H3. The largest absolute Gasteiger partial charge is 0.256 e. The quantitative estimate of drug-likeness (QED) is 0.494. The van der Waals surface area contributed by atoms with Gasteiger partial charge in [0.1, 0.15) is 0 Å². The van der Waals surface area contributed by atoms with Gasteiger partial charge in [-0.1, -0.05) is 39.0 Å². The lowest BCUT2D eigenvalue weighted by Gasteiger charge is -2.19. The maximum Gasteiger partial charge on any atom is 0.184 e. The molecule has 0 amide bonds. The van der Waals surface area contributed by atoms with Crippen LogP contribution in [0.25, 0.3) is 16.6 Å². The van der Waals surface area contributed by atoms with E-state index in [9.17, 15) is 8.42 Å². The van der Waals surface area contributed by atoms with E-state index in [1.54, 1.807) is 35.3 Å². The van der Waals surface area contributed by atoms with Crippen LogP contribution in [0.4, 0.5) is 0 Å². The van der Waals surface area contributed by atoms with E-state index < -0.39 is 9.84 Å². The Hall–Kier alpha value is -2.99. The molecule has 0 aliphatic carbocycles. The van der Waals surface area contributed by atoms with Gasteiger partial charge in [0.2, 0.25) is 0 Å². The van der Waals surface area contributed by atoms with Crippen molar-refractivity contribution < 1.29 is 8.42 Å². The molecule has 0 fully saturated rings. The van der Waals surface area contributed by atoms with E-state index in [0.717, 1.165) is 22.2 Å². The molecule has 0 aliphatic heterocycles. The number of aromatic nitrogens is 3. The highest BCUT2D eigenvalue weighted by atomic mass is 32.2. The Bertz CT molecular complexity index is 1260. The van der Waals surface area contributed by atoms with Crippen molar-refractivity contribution >= 4 is 20.7 Å². The van der Waals surface area contributed by atoms with Crippen LogP contribution in [0, 0.1) is 0 Å². The van der Waals surface area contributed by atoms with Gasteiger partial charge < -0.3 is 0 Å². The number of sulfone groups is 1. The van der Waals surface area contributed by atoms with Crippen LogP contribution < -0.4 is 0 Å². The summed E-state index contributed by atoms with van der Waals surface area (Å²) in [5, 5.41) is 5.31. The minimum Gasteiger partial charge on any atom is -0.256 e. The lowest BCUT2D eigenvalue weighted by molar-refractivity contribution is 0.585. The molecule has 0 saturated carbocycles. The van der Waals surface area contributed by atoms with Crippen LogP contribution in [0.1, 0.15) is 32.0 Å². The third-order valence-electron chi connectivity index (χ3n) is 4.99. The van der Waals surface area contributed by atoms with Crippen LogP contribution in [-0.2, 0) is 21.0 Å². The molecule has 4 rings (SSSR count). The first-order chi connectivity index (χ1) is 13.8. The van der Waals surface area contributed by atoms with Crippen LogP contribution in [0.15, 0.2) is 78.0 Å². The molecule has 0 bridgehead atoms. The number of hydrogen-bond acceptors (Lipinski definition) is 4. The van der Waals surface area contributed by atoms with Crippen molar-refractivity contribution in [3.8, 4) is 5.69 Å². The molecular weight excluding hydrogens is 382 g/mol. The molecule has 2 aromatic heterocycles. The Morgan fingerprint density at radius 1 is 0.897 bits per heavy atom. The lowest BCUT2D eigenvalue weighted by Crippen LogP contribution is -2.13. The van der Waals surface area contributed by atoms with Crippen molar-refractivity contribution in [1.82, 2.24) is 14.8 Å². The summed E-state index contributed by atoms with van der Waals surface area (Å²) in [6.07, 6.45) is 3.37. The fourth-order valence-corrected chi connectivity index (χ4v) is 4.69. The van der Waals surface area contributed by atoms with E-state index in [4.69, 9.17) is 0 Å². The molecule has 0 N–H and O–H groups in total. The zero-order chi connectivity index (χ0) is 20.6. The summed E-state index contributed by atoms with van der Waals surface area (Å²) in [6, 6.07) is 18.5. The number of rotatable bonds is 4. The van der Waals surface area contributed by atoms with Crippen LogP contribution in [0.5, 0.6) is 0 Å². The van der Waals surface area contributed by atoms with Gasteiger partial charge in [0, 0.05) is 17.8 Å². The molecule has 2 heterocycles. The molecule has 0 radical (unpaired) electrons. The Balaban J connectivity index is 1.70. The monoisotopic (exact) mass is 405 g/mol. The normalized spacial score (nSPS) is 12.4. The van der Waals surface area contributed by atoms with Gasteiger partial charge in [-0.2, -0.15) is 5.10 Å². The van der Waals surface area contributed by atoms with Crippen molar-refractivity contribution in [2.75, 3.05) is 0 Å². The molecule has 0 unspecified atom stereocenters. The summed E-state index contributed by atoms with van der Waals surface area (Å²) in [7, 11) is -3.51. The van der Waals surface area contributed by atoms with E-state index in [1.165, 1.54) is 0 Å². The number of hydrogen-bond donors (Lipinski definition) is 0. The summed E-state index contributed by atoms with van der Waals surface area (Å²) in [6.45, 7) is 6.32. The van der Waals surface area contributed by atoms with Crippen molar-refractivity contribution in [3.05, 3.63) is 84.3 Å². The predicted octanol–water partition coefficient (Wildman–Crippen LogP) is 4.69. The van der Waals surface area contributed by atoms with Crippen molar-refractivity contribution in [1.29, 1.82) is 0 Å². The Labute approximate surface area is 171 Å². The fourth-order valence-electron chi connectivity index (χ4n) is 3.37. The Morgan fingerprint density at radius 2 is 1.66 bits per heavy atom. The molecule has 0 aliphatic rings. The van der Waals surface area contributed by atoms with E-state index >= 15 is 0 Å². The Kier molecular flexibility index (Phi) is 4.74. The van der Waals surface area contributed by atoms with E-state index in [0.29, 0.717) is 10.6 Å². The molecule has 148 valence electrons. The van der Waals surface area contributed by atoms with Crippen molar-refractivity contribution in [3.63, 3.8) is 0 Å². The van der Waals surface area contributed by atoms with Gasteiger partial charge in [0.05, 0.1) is 27.5 Å². The highest BCUT2D eigenvalue weighted by Crippen LogP contribution is 2.26. The minimum absolute atomic E-state index is 0.0245. The molecule has 0 saturated heterocycles. The number of nitrogens with zero attached hydrogens (tertiary/aromatic N) is 3. The maximum absolute atomic E-state index is 13.1. The highest BCUT2D eigenvalue weighted by molar-refractivity contribution is 7.90. The molecule has 0 spiro atoms. The average Bonchev–Trinajstić information content (AvgIpc) is 3.14. The van der Waals surface area contributed by atoms with Crippen LogP contribution in [0.2, 0.25) is 0 Å². The van der Waals surface area contributed by atoms with Gasteiger partial charge >= 0.3 is 0 Å². The summed E-state index contributed by atoms with van der Waals surface area (Å²) in [4.78, 5) is 4.69. The van der Waals surface area contributed by atoms with Gasteiger partial charge in [0.15, 0.2) is 9.84 Å². The first-order valence-electron chi connectivity index (χ1n) is 9.46. The second-order valence-corrected chi connectivity index (χ2v) is 10.1. The SMILES string of the molecule is CC(C)(C)c1ccc(S(=O)(=O)Cc2ccnn2-c2cccc3ncccc23)cc1. The summed E-state index contributed by atoms with van der Waals surface area (Å²) >= 11 is 0. The average molecular weight is 406 g/mol. The molecule has 29 heavy (non-hydrogen) atoms. The second-order valence-electron chi connectivity index (χ2n) is 8.12.